The normalized spacial score (nSPS) is 27.3. The zero-order valence-corrected chi connectivity index (χ0v) is 11.4. The SMILES string of the molecule is Cc1ccc(N2CCCC3CCCC32)c(CN)c1. The van der Waals surface area contributed by atoms with Crippen LogP contribution >= 0.6 is 0 Å². The van der Waals surface area contributed by atoms with E-state index in [1.807, 2.05) is 0 Å². The second kappa shape index (κ2) is 4.93. The van der Waals surface area contributed by atoms with Gasteiger partial charge in [0.2, 0.25) is 0 Å². The summed E-state index contributed by atoms with van der Waals surface area (Å²) in [5.41, 5.74) is 9.98. The molecule has 18 heavy (non-hydrogen) atoms. The van der Waals surface area contributed by atoms with E-state index in [1.165, 1.54) is 55.5 Å². The summed E-state index contributed by atoms with van der Waals surface area (Å²) in [6.45, 7) is 4.03. The fourth-order valence-electron chi connectivity index (χ4n) is 3.91. The van der Waals surface area contributed by atoms with Gasteiger partial charge in [-0.3, -0.25) is 0 Å². The van der Waals surface area contributed by atoms with E-state index >= 15 is 0 Å². The molecule has 0 spiro atoms. The first-order chi connectivity index (χ1) is 8.79. The minimum Gasteiger partial charge on any atom is -0.368 e. The minimum atomic E-state index is 0.658. The number of anilines is 1. The van der Waals surface area contributed by atoms with Crippen molar-refractivity contribution < 1.29 is 0 Å². The Morgan fingerprint density at radius 2 is 2.06 bits per heavy atom. The van der Waals surface area contributed by atoms with Gasteiger partial charge in [0, 0.05) is 24.8 Å². The van der Waals surface area contributed by atoms with Crippen molar-refractivity contribution in [1.82, 2.24) is 0 Å². The summed E-state index contributed by atoms with van der Waals surface area (Å²) < 4.78 is 0. The van der Waals surface area contributed by atoms with E-state index in [2.05, 4.69) is 30.0 Å². The Kier molecular flexibility index (Phi) is 3.29. The highest BCUT2D eigenvalue weighted by Gasteiger charge is 2.35. The third kappa shape index (κ3) is 2.03. The number of aryl methyl sites for hydroxylation is 1. The molecule has 3 rings (SSSR count). The van der Waals surface area contributed by atoms with Crippen molar-refractivity contribution in [2.24, 2.45) is 11.7 Å². The van der Waals surface area contributed by atoms with E-state index in [-0.39, 0.29) is 0 Å². The maximum absolute atomic E-state index is 5.94. The van der Waals surface area contributed by atoms with Crippen molar-refractivity contribution in [2.45, 2.75) is 51.6 Å². The molecule has 1 saturated carbocycles. The van der Waals surface area contributed by atoms with Crippen molar-refractivity contribution in [1.29, 1.82) is 0 Å². The topological polar surface area (TPSA) is 29.3 Å². The average Bonchev–Trinajstić information content (AvgIpc) is 2.86. The standard InChI is InChI=1S/C16H24N2/c1-12-7-8-16(14(10-12)11-17)18-9-3-5-13-4-2-6-15(13)18/h7-8,10,13,15H,2-6,9,11,17H2,1H3. The van der Waals surface area contributed by atoms with Gasteiger partial charge in [-0.15, -0.1) is 0 Å². The summed E-state index contributed by atoms with van der Waals surface area (Å²) in [6, 6.07) is 7.56. The quantitative estimate of drug-likeness (QED) is 0.865. The van der Waals surface area contributed by atoms with Gasteiger partial charge >= 0.3 is 0 Å². The van der Waals surface area contributed by atoms with E-state index in [0.717, 1.165) is 12.0 Å². The second-order valence-electron chi connectivity index (χ2n) is 5.93. The molecule has 2 heteroatoms. The van der Waals surface area contributed by atoms with Gasteiger partial charge in [0.25, 0.3) is 0 Å². The Morgan fingerprint density at radius 1 is 1.22 bits per heavy atom. The van der Waals surface area contributed by atoms with E-state index in [0.29, 0.717) is 6.54 Å². The number of nitrogens with zero attached hydrogens (tertiary/aromatic N) is 1. The smallest absolute Gasteiger partial charge is 0.0414 e. The third-order valence-corrected chi connectivity index (χ3v) is 4.76. The third-order valence-electron chi connectivity index (χ3n) is 4.76. The molecule has 2 fully saturated rings. The van der Waals surface area contributed by atoms with Gasteiger partial charge in [0.1, 0.15) is 0 Å². The number of piperidine rings is 1. The maximum atomic E-state index is 5.94. The molecule has 2 N–H and O–H groups in total. The number of nitrogens with two attached hydrogens (primary N) is 1. The molecule has 1 saturated heterocycles. The number of fused-ring (bicyclic) bond motifs is 1. The number of hydrogen-bond donors (Lipinski definition) is 1. The lowest BCUT2D eigenvalue weighted by molar-refractivity contribution is 0.362. The van der Waals surface area contributed by atoms with Crippen molar-refractivity contribution in [2.75, 3.05) is 11.4 Å². The predicted molar refractivity (Wildman–Crippen MR) is 76.8 cm³/mol. The summed E-state index contributed by atoms with van der Waals surface area (Å²) in [6.07, 6.45) is 7.01. The van der Waals surface area contributed by atoms with Crippen LogP contribution in [0.1, 0.15) is 43.2 Å². The van der Waals surface area contributed by atoms with Gasteiger partial charge in [-0.05, 0) is 50.2 Å². The van der Waals surface area contributed by atoms with Gasteiger partial charge in [-0.25, -0.2) is 0 Å². The summed E-state index contributed by atoms with van der Waals surface area (Å²) >= 11 is 0. The van der Waals surface area contributed by atoms with Crippen LogP contribution < -0.4 is 10.6 Å². The van der Waals surface area contributed by atoms with Crippen LogP contribution in [0.5, 0.6) is 0 Å². The highest BCUT2D eigenvalue weighted by atomic mass is 15.2. The van der Waals surface area contributed by atoms with E-state index in [1.54, 1.807) is 0 Å². The molecule has 2 nitrogen and oxygen atoms in total. The summed E-state index contributed by atoms with van der Waals surface area (Å²) in [5, 5.41) is 0. The molecular weight excluding hydrogens is 220 g/mol. The van der Waals surface area contributed by atoms with Crippen LogP contribution in [0.15, 0.2) is 18.2 Å². The van der Waals surface area contributed by atoms with E-state index < -0.39 is 0 Å². The summed E-state index contributed by atoms with van der Waals surface area (Å²) in [4.78, 5) is 2.66. The van der Waals surface area contributed by atoms with E-state index in [4.69, 9.17) is 5.73 Å². The Labute approximate surface area is 110 Å². The van der Waals surface area contributed by atoms with Gasteiger partial charge < -0.3 is 10.6 Å². The van der Waals surface area contributed by atoms with Crippen molar-refractivity contribution in [3.63, 3.8) is 0 Å². The van der Waals surface area contributed by atoms with Crippen LogP contribution in [0.3, 0.4) is 0 Å². The molecule has 1 heterocycles. The van der Waals surface area contributed by atoms with Gasteiger partial charge in [-0.1, -0.05) is 24.1 Å². The summed E-state index contributed by atoms with van der Waals surface area (Å²) in [5.74, 6) is 0.936. The van der Waals surface area contributed by atoms with Crippen molar-refractivity contribution >= 4 is 5.69 Å². The van der Waals surface area contributed by atoms with Crippen LogP contribution in [0.4, 0.5) is 5.69 Å². The average molecular weight is 244 g/mol. The van der Waals surface area contributed by atoms with Crippen LogP contribution in [-0.2, 0) is 6.54 Å². The molecule has 0 radical (unpaired) electrons. The van der Waals surface area contributed by atoms with E-state index in [9.17, 15) is 0 Å². The van der Waals surface area contributed by atoms with Crippen LogP contribution in [0, 0.1) is 12.8 Å². The van der Waals surface area contributed by atoms with Crippen molar-refractivity contribution in [3.8, 4) is 0 Å². The lowest BCUT2D eigenvalue weighted by atomic mass is 9.91. The highest BCUT2D eigenvalue weighted by molar-refractivity contribution is 5.56. The Bertz CT molecular complexity index is 427. The highest BCUT2D eigenvalue weighted by Crippen LogP contribution is 2.40. The van der Waals surface area contributed by atoms with Crippen molar-refractivity contribution in [3.05, 3.63) is 29.3 Å². The maximum Gasteiger partial charge on any atom is 0.0414 e. The molecule has 98 valence electrons. The summed E-state index contributed by atoms with van der Waals surface area (Å²) in [7, 11) is 0. The molecule has 0 aromatic heterocycles. The fraction of sp³-hybridized carbons (Fsp3) is 0.625. The van der Waals surface area contributed by atoms with Crippen LogP contribution in [-0.4, -0.2) is 12.6 Å². The van der Waals surface area contributed by atoms with Crippen LogP contribution in [0.25, 0.3) is 0 Å². The fourth-order valence-corrected chi connectivity index (χ4v) is 3.91. The molecular formula is C16H24N2. The predicted octanol–water partition coefficient (Wildman–Crippen LogP) is 3.22. The molecule has 2 aliphatic rings. The Morgan fingerprint density at radius 3 is 2.89 bits per heavy atom. The molecule has 2 atom stereocenters. The Balaban J connectivity index is 1.93. The lowest BCUT2D eigenvalue weighted by Crippen LogP contribution is -2.43. The van der Waals surface area contributed by atoms with Crippen LogP contribution in [0.2, 0.25) is 0 Å². The first-order valence-corrected chi connectivity index (χ1v) is 7.36. The molecule has 1 aliphatic heterocycles. The first-order valence-electron chi connectivity index (χ1n) is 7.36. The number of rotatable bonds is 2. The molecule has 0 amide bonds. The molecule has 1 aromatic carbocycles. The minimum absolute atomic E-state index is 0.658. The monoisotopic (exact) mass is 244 g/mol. The molecule has 1 aliphatic carbocycles. The van der Waals surface area contributed by atoms with Gasteiger partial charge in [-0.2, -0.15) is 0 Å². The lowest BCUT2D eigenvalue weighted by Gasteiger charge is -2.40. The largest absolute Gasteiger partial charge is 0.368 e. The molecule has 0 bridgehead atoms. The first kappa shape index (κ1) is 12.0. The number of benzene rings is 1. The zero-order valence-electron chi connectivity index (χ0n) is 11.4. The second-order valence-corrected chi connectivity index (χ2v) is 5.93. The number of hydrogen-bond acceptors (Lipinski definition) is 2. The molecule has 1 aromatic rings. The van der Waals surface area contributed by atoms with Gasteiger partial charge in [0.15, 0.2) is 0 Å². The Hall–Kier alpha value is -1.02. The zero-order chi connectivity index (χ0) is 12.5. The van der Waals surface area contributed by atoms with Gasteiger partial charge in [0.05, 0.1) is 0 Å². The molecule has 2 unspecified atom stereocenters.